The van der Waals surface area contributed by atoms with Crippen LogP contribution in [0.15, 0.2) is 46.9 Å². The van der Waals surface area contributed by atoms with Gasteiger partial charge in [0.05, 0.1) is 0 Å². The molecule has 0 aromatic heterocycles. The number of hydrogen-bond donors (Lipinski definition) is 1. The number of nitrogens with one attached hydrogen (secondary N) is 1. The molecule has 2 atom stereocenters. The summed E-state index contributed by atoms with van der Waals surface area (Å²) in [5.74, 6) is -0.198. The van der Waals surface area contributed by atoms with Crippen LogP contribution in [0.5, 0.6) is 0 Å². The van der Waals surface area contributed by atoms with Gasteiger partial charge in [-0.1, -0.05) is 40.2 Å². The summed E-state index contributed by atoms with van der Waals surface area (Å²) in [5, 5.41) is 3.34. The lowest BCUT2D eigenvalue weighted by molar-refractivity contribution is 0.392. The molecule has 2 aromatic carbocycles. The SMILES string of the molecule is Fc1ccc(C2CCNCC2c2ccccc2F)c(Br)c1. The molecule has 0 radical (unpaired) electrons. The topological polar surface area (TPSA) is 12.0 Å². The molecule has 1 fully saturated rings. The van der Waals surface area contributed by atoms with Gasteiger partial charge in [-0.15, -0.1) is 0 Å². The summed E-state index contributed by atoms with van der Waals surface area (Å²) in [7, 11) is 0. The maximum Gasteiger partial charge on any atom is 0.126 e. The number of benzene rings is 2. The van der Waals surface area contributed by atoms with Crippen LogP contribution in [0.1, 0.15) is 29.4 Å². The van der Waals surface area contributed by atoms with Crippen molar-refractivity contribution in [3.8, 4) is 0 Å². The van der Waals surface area contributed by atoms with Crippen molar-refractivity contribution in [1.82, 2.24) is 5.32 Å². The van der Waals surface area contributed by atoms with Crippen LogP contribution in [-0.4, -0.2) is 13.1 Å². The average Bonchev–Trinajstić information content (AvgIpc) is 2.48. The molecule has 2 aromatic rings. The maximum absolute atomic E-state index is 14.1. The number of piperidine rings is 1. The monoisotopic (exact) mass is 351 g/mol. The van der Waals surface area contributed by atoms with E-state index in [9.17, 15) is 8.78 Å². The smallest absolute Gasteiger partial charge is 0.126 e. The van der Waals surface area contributed by atoms with Crippen molar-refractivity contribution in [3.05, 3.63) is 69.7 Å². The standard InChI is InChI=1S/C17H16BrF2N/c18-16-9-11(19)5-6-13(16)12-7-8-21-10-15(12)14-3-1-2-4-17(14)20/h1-6,9,12,15,21H,7-8,10H2. The minimum atomic E-state index is -0.262. The van der Waals surface area contributed by atoms with Crippen LogP contribution >= 0.6 is 15.9 Å². The Morgan fingerprint density at radius 1 is 1.00 bits per heavy atom. The number of halogens is 3. The lowest BCUT2D eigenvalue weighted by Crippen LogP contribution is -2.34. The van der Waals surface area contributed by atoms with Crippen molar-refractivity contribution in [2.75, 3.05) is 13.1 Å². The van der Waals surface area contributed by atoms with Gasteiger partial charge in [0.1, 0.15) is 11.6 Å². The van der Waals surface area contributed by atoms with Gasteiger partial charge in [0.25, 0.3) is 0 Å². The highest BCUT2D eigenvalue weighted by atomic mass is 79.9. The second-order valence-electron chi connectivity index (χ2n) is 5.39. The van der Waals surface area contributed by atoms with Crippen LogP contribution in [-0.2, 0) is 0 Å². The van der Waals surface area contributed by atoms with Gasteiger partial charge in [0.2, 0.25) is 0 Å². The van der Waals surface area contributed by atoms with Gasteiger partial charge in [-0.05, 0) is 48.2 Å². The van der Waals surface area contributed by atoms with Gasteiger partial charge < -0.3 is 5.32 Å². The summed E-state index contributed by atoms with van der Waals surface area (Å²) in [4.78, 5) is 0. The number of hydrogen-bond acceptors (Lipinski definition) is 1. The zero-order valence-corrected chi connectivity index (χ0v) is 13.0. The first kappa shape index (κ1) is 14.7. The van der Waals surface area contributed by atoms with E-state index < -0.39 is 0 Å². The third kappa shape index (κ3) is 3.01. The highest BCUT2D eigenvalue weighted by Crippen LogP contribution is 2.41. The largest absolute Gasteiger partial charge is 0.316 e. The lowest BCUT2D eigenvalue weighted by Gasteiger charge is -2.33. The van der Waals surface area contributed by atoms with Gasteiger partial charge in [-0.25, -0.2) is 8.78 Å². The molecule has 1 saturated heterocycles. The molecule has 4 heteroatoms. The van der Waals surface area contributed by atoms with E-state index in [0.29, 0.717) is 0 Å². The van der Waals surface area contributed by atoms with E-state index in [1.165, 1.54) is 18.2 Å². The predicted octanol–water partition coefficient (Wildman–Crippen LogP) is 4.59. The van der Waals surface area contributed by atoms with Crippen molar-refractivity contribution < 1.29 is 8.78 Å². The second-order valence-corrected chi connectivity index (χ2v) is 6.25. The zero-order chi connectivity index (χ0) is 14.8. The first-order valence-corrected chi connectivity index (χ1v) is 7.86. The van der Waals surface area contributed by atoms with E-state index in [1.54, 1.807) is 6.07 Å². The molecular formula is C17H16BrF2N. The third-order valence-electron chi connectivity index (χ3n) is 4.15. The van der Waals surface area contributed by atoms with Gasteiger partial charge in [-0.2, -0.15) is 0 Å². The molecule has 1 nitrogen and oxygen atoms in total. The first-order chi connectivity index (χ1) is 10.2. The Balaban J connectivity index is 2.00. The molecule has 2 unspecified atom stereocenters. The van der Waals surface area contributed by atoms with Crippen LogP contribution in [0.3, 0.4) is 0 Å². The fraction of sp³-hybridized carbons (Fsp3) is 0.294. The molecule has 21 heavy (non-hydrogen) atoms. The summed E-state index contributed by atoms with van der Waals surface area (Å²) in [5.41, 5.74) is 1.78. The summed E-state index contributed by atoms with van der Waals surface area (Å²) < 4.78 is 28.2. The molecule has 0 bridgehead atoms. The van der Waals surface area contributed by atoms with Crippen molar-refractivity contribution in [2.45, 2.75) is 18.3 Å². The van der Waals surface area contributed by atoms with Crippen LogP contribution in [0.4, 0.5) is 8.78 Å². The van der Waals surface area contributed by atoms with Gasteiger partial charge in [0.15, 0.2) is 0 Å². The minimum absolute atomic E-state index is 0.0571. The van der Waals surface area contributed by atoms with Crippen LogP contribution < -0.4 is 5.32 Å². The van der Waals surface area contributed by atoms with Gasteiger partial charge in [-0.3, -0.25) is 0 Å². The quantitative estimate of drug-likeness (QED) is 0.834. The normalized spacial score (nSPS) is 22.2. The van der Waals surface area contributed by atoms with E-state index in [1.807, 2.05) is 18.2 Å². The lowest BCUT2D eigenvalue weighted by atomic mass is 9.77. The Labute approximate surface area is 131 Å². The van der Waals surface area contributed by atoms with Crippen molar-refractivity contribution in [1.29, 1.82) is 0 Å². The highest BCUT2D eigenvalue weighted by Gasteiger charge is 2.30. The Bertz CT molecular complexity index is 644. The third-order valence-corrected chi connectivity index (χ3v) is 4.84. The number of rotatable bonds is 2. The Morgan fingerprint density at radius 2 is 1.81 bits per heavy atom. The van der Waals surface area contributed by atoms with E-state index >= 15 is 0 Å². The molecule has 0 spiro atoms. The molecule has 0 saturated carbocycles. The van der Waals surface area contributed by atoms with Gasteiger partial charge >= 0.3 is 0 Å². The molecule has 110 valence electrons. The summed E-state index contributed by atoms with van der Waals surface area (Å²) in [6.45, 7) is 1.62. The van der Waals surface area contributed by atoms with Crippen LogP contribution in [0, 0.1) is 11.6 Å². The zero-order valence-electron chi connectivity index (χ0n) is 11.5. The van der Waals surface area contributed by atoms with Crippen molar-refractivity contribution in [2.24, 2.45) is 0 Å². The molecule has 3 rings (SSSR count). The molecule has 0 amide bonds. The van der Waals surface area contributed by atoms with E-state index in [4.69, 9.17) is 0 Å². The Kier molecular flexibility index (Phi) is 4.36. The summed E-state index contributed by atoms with van der Waals surface area (Å²) in [6, 6.07) is 11.7. The summed E-state index contributed by atoms with van der Waals surface area (Å²) in [6.07, 6.45) is 0.906. The Hall–Kier alpha value is -1.26. The summed E-state index contributed by atoms with van der Waals surface area (Å²) >= 11 is 3.45. The van der Waals surface area contributed by atoms with Crippen molar-refractivity contribution >= 4 is 15.9 Å². The predicted molar refractivity (Wildman–Crippen MR) is 83.5 cm³/mol. The molecular weight excluding hydrogens is 336 g/mol. The molecule has 1 aliphatic heterocycles. The minimum Gasteiger partial charge on any atom is -0.316 e. The fourth-order valence-corrected chi connectivity index (χ4v) is 3.78. The van der Waals surface area contributed by atoms with E-state index in [2.05, 4.69) is 21.2 Å². The van der Waals surface area contributed by atoms with E-state index in [-0.39, 0.29) is 23.5 Å². The van der Waals surface area contributed by atoms with Crippen LogP contribution in [0.2, 0.25) is 0 Å². The molecule has 0 aliphatic carbocycles. The molecule has 1 N–H and O–H groups in total. The van der Waals surface area contributed by atoms with E-state index in [0.717, 1.165) is 35.1 Å². The second kappa shape index (κ2) is 6.24. The Morgan fingerprint density at radius 3 is 2.57 bits per heavy atom. The maximum atomic E-state index is 14.1. The molecule has 1 heterocycles. The fourth-order valence-electron chi connectivity index (χ4n) is 3.14. The average molecular weight is 352 g/mol. The molecule has 1 aliphatic rings. The van der Waals surface area contributed by atoms with Crippen LogP contribution in [0.25, 0.3) is 0 Å². The first-order valence-electron chi connectivity index (χ1n) is 7.07. The van der Waals surface area contributed by atoms with Crippen molar-refractivity contribution in [3.63, 3.8) is 0 Å². The highest BCUT2D eigenvalue weighted by molar-refractivity contribution is 9.10. The van der Waals surface area contributed by atoms with Gasteiger partial charge in [0, 0.05) is 16.9 Å².